The minimum Gasteiger partial charge on any atom is -0.370 e. The number of benzene rings is 1. The molecule has 0 amide bonds. The van der Waals surface area contributed by atoms with Crippen LogP contribution in [0.4, 0.5) is 0 Å². The van der Waals surface area contributed by atoms with Gasteiger partial charge in [-0.05, 0) is 31.2 Å². The van der Waals surface area contributed by atoms with E-state index in [1.54, 1.807) is 0 Å². The van der Waals surface area contributed by atoms with E-state index < -0.39 is 8.80 Å². The van der Waals surface area contributed by atoms with Crippen LogP contribution in [0.25, 0.3) is 0 Å². The fourth-order valence-corrected chi connectivity index (χ4v) is 5.16. The third-order valence-corrected chi connectivity index (χ3v) is 7.01. The van der Waals surface area contributed by atoms with Crippen LogP contribution in [0.15, 0.2) is 24.3 Å². The first-order chi connectivity index (χ1) is 12.2. The zero-order valence-electron chi connectivity index (χ0n) is 16.8. The number of hydrogen-bond donors (Lipinski definition) is 0. The van der Waals surface area contributed by atoms with Crippen LogP contribution in [0.5, 0.6) is 0 Å². The van der Waals surface area contributed by atoms with E-state index in [1.807, 2.05) is 0 Å². The van der Waals surface area contributed by atoms with Gasteiger partial charge in [-0.25, -0.2) is 0 Å². The van der Waals surface area contributed by atoms with Gasteiger partial charge in [0.2, 0.25) is 0 Å². The second-order valence-corrected chi connectivity index (χ2v) is 9.16. The van der Waals surface area contributed by atoms with E-state index in [9.17, 15) is 0 Å². The largest absolute Gasteiger partial charge is 0.537 e. The normalized spacial score (nSPS) is 11.8. The Morgan fingerprint density at radius 1 is 0.640 bits per heavy atom. The lowest BCUT2D eigenvalue weighted by Gasteiger charge is -2.30. The minimum atomic E-state index is -2.83. The lowest BCUT2D eigenvalue weighted by Crippen LogP contribution is -2.57. The van der Waals surface area contributed by atoms with Gasteiger partial charge >= 0.3 is 8.80 Å². The molecule has 0 N–H and O–H groups in total. The lowest BCUT2D eigenvalue weighted by molar-refractivity contribution is 0.0700. The van der Waals surface area contributed by atoms with Gasteiger partial charge in [0.1, 0.15) is 0 Å². The van der Waals surface area contributed by atoms with Crippen LogP contribution in [0.2, 0.25) is 0 Å². The van der Waals surface area contributed by atoms with Crippen LogP contribution in [0.3, 0.4) is 0 Å². The zero-order chi connectivity index (χ0) is 18.4. The molecule has 3 nitrogen and oxygen atoms in total. The summed E-state index contributed by atoms with van der Waals surface area (Å²) < 4.78 is 19.0. The smallest absolute Gasteiger partial charge is 0.370 e. The molecule has 1 aromatic carbocycles. The van der Waals surface area contributed by atoms with Crippen molar-refractivity contribution < 1.29 is 13.3 Å². The van der Waals surface area contributed by atoms with Crippen molar-refractivity contribution in [3.05, 3.63) is 29.8 Å². The third-order valence-electron chi connectivity index (χ3n) is 4.22. The second kappa shape index (κ2) is 13.5. The van der Waals surface area contributed by atoms with Crippen LogP contribution in [-0.2, 0) is 19.7 Å². The molecule has 0 fully saturated rings. The SMILES string of the molecule is CCCCO[Si](OCCCC)(OCCCC)c1ccc(CCC)cc1. The molecule has 25 heavy (non-hydrogen) atoms. The molecule has 0 bridgehead atoms. The predicted octanol–water partition coefficient (Wildman–Crippen LogP) is 5.24. The van der Waals surface area contributed by atoms with Gasteiger partial charge in [-0.2, -0.15) is 0 Å². The number of rotatable bonds is 15. The Kier molecular flexibility index (Phi) is 12.1. The Balaban J connectivity index is 2.99. The Morgan fingerprint density at radius 2 is 1.08 bits per heavy atom. The van der Waals surface area contributed by atoms with Crippen LogP contribution >= 0.6 is 0 Å². The van der Waals surface area contributed by atoms with Crippen molar-refractivity contribution >= 4 is 14.0 Å². The molecule has 0 aliphatic rings. The average Bonchev–Trinajstić information content (AvgIpc) is 2.63. The number of hydrogen-bond acceptors (Lipinski definition) is 3. The summed E-state index contributed by atoms with van der Waals surface area (Å²) in [5.41, 5.74) is 1.37. The van der Waals surface area contributed by atoms with E-state index >= 15 is 0 Å². The predicted molar refractivity (Wildman–Crippen MR) is 108 cm³/mol. The molecule has 0 aliphatic heterocycles. The first kappa shape index (κ1) is 22.4. The maximum Gasteiger partial charge on any atom is 0.537 e. The molecule has 0 spiro atoms. The maximum atomic E-state index is 6.34. The Hall–Kier alpha value is -0.683. The van der Waals surface area contributed by atoms with Gasteiger partial charge in [-0.1, -0.05) is 77.6 Å². The van der Waals surface area contributed by atoms with E-state index in [-0.39, 0.29) is 0 Å². The van der Waals surface area contributed by atoms with Crippen molar-refractivity contribution in [2.24, 2.45) is 0 Å². The van der Waals surface area contributed by atoms with E-state index in [4.69, 9.17) is 13.3 Å². The van der Waals surface area contributed by atoms with Crippen molar-refractivity contribution in [3.8, 4) is 0 Å². The summed E-state index contributed by atoms with van der Waals surface area (Å²) >= 11 is 0. The summed E-state index contributed by atoms with van der Waals surface area (Å²) in [6.07, 6.45) is 8.73. The fraction of sp³-hybridized carbons (Fsp3) is 0.714. The fourth-order valence-electron chi connectivity index (χ4n) is 2.59. The van der Waals surface area contributed by atoms with Crippen molar-refractivity contribution in [1.29, 1.82) is 0 Å². The zero-order valence-corrected chi connectivity index (χ0v) is 17.8. The monoisotopic (exact) mass is 366 g/mol. The Bertz CT molecular complexity index is 407. The van der Waals surface area contributed by atoms with Crippen LogP contribution in [0.1, 0.15) is 78.2 Å². The lowest BCUT2D eigenvalue weighted by atomic mass is 10.1. The number of unbranched alkanes of at least 4 members (excludes halogenated alkanes) is 3. The summed E-state index contributed by atoms with van der Waals surface area (Å²) in [4.78, 5) is 0. The van der Waals surface area contributed by atoms with E-state index in [2.05, 4.69) is 52.0 Å². The van der Waals surface area contributed by atoms with Crippen molar-refractivity contribution in [1.82, 2.24) is 0 Å². The van der Waals surface area contributed by atoms with Crippen molar-refractivity contribution in [2.75, 3.05) is 19.8 Å². The van der Waals surface area contributed by atoms with Crippen molar-refractivity contribution in [2.45, 2.75) is 79.1 Å². The third kappa shape index (κ3) is 8.03. The van der Waals surface area contributed by atoms with E-state index in [1.165, 1.54) is 5.56 Å². The molecule has 144 valence electrons. The molecular formula is C21H38O3Si. The summed E-state index contributed by atoms with van der Waals surface area (Å²) in [5, 5.41) is 1.11. The molecule has 0 saturated heterocycles. The highest BCUT2D eigenvalue weighted by Gasteiger charge is 2.43. The summed E-state index contributed by atoms with van der Waals surface area (Å²) in [5.74, 6) is 0. The Labute approximate surface area is 156 Å². The highest BCUT2D eigenvalue weighted by molar-refractivity contribution is 6.75. The first-order valence-corrected chi connectivity index (χ1v) is 12.0. The highest BCUT2D eigenvalue weighted by Crippen LogP contribution is 2.15. The molecule has 0 aromatic heterocycles. The molecule has 0 aliphatic carbocycles. The van der Waals surface area contributed by atoms with Gasteiger partial charge in [0, 0.05) is 25.0 Å². The Morgan fingerprint density at radius 3 is 1.44 bits per heavy atom. The van der Waals surface area contributed by atoms with Crippen LogP contribution in [-0.4, -0.2) is 28.6 Å². The maximum absolute atomic E-state index is 6.34. The molecule has 0 radical (unpaired) electrons. The molecule has 0 atom stereocenters. The summed E-state index contributed by atoms with van der Waals surface area (Å²) in [7, 11) is -2.83. The van der Waals surface area contributed by atoms with Gasteiger partial charge in [0.15, 0.2) is 0 Å². The summed E-state index contributed by atoms with van der Waals surface area (Å²) in [6, 6.07) is 8.74. The van der Waals surface area contributed by atoms with Crippen molar-refractivity contribution in [3.63, 3.8) is 0 Å². The minimum absolute atomic E-state index is 0.706. The molecule has 0 unspecified atom stereocenters. The molecule has 1 aromatic rings. The van der Waals surface area contributed by atoms with E-state index in [0.717, 1.165) is 56.6 Å². The van der Waals surface area contributed by atoms with Gasteiger partial charge < -0.3 is 13.3 Å². The van der Waals surface area contributed by atoms with Crippen LogP contribution < -0.4 is 5.19 Å². The molecule has 0 heterocycles. The average molecular weight is 367 g/mol. The van der Waals surface area contributed by atoms with Gasteiger partial charge in [0.05, 0.1) is 0 Å². The topological polar surface area (TPSA) is 27.7 Å². The van der Waals surface area contributed by atoms with Crippen LogP contribution in [0, 0.1) is 0 Å². The number of aryl methyl sites for hydroxylation is 1. The second-order valence-electron chi connectivity index (χ2n) is 6.61. The van der Waals surface area contributed by atoms with Gasteiger partial charge in [-0.15, -0.1) is 0 Å². The molecule has 1 rings (SSSR count). The standard InChI is InChI=1S/C21H38O3Si/c1-5-9-17-22-25(23-18-10-6-2,24-19-11-7-3)21-15-13-20(12-8-4)14-16-21/h13-16H,5-12,17-19H2,1-4H3. The molecule has 4 heteroatoms. The molecule has 0 saturated carbocycles. The quantitative estimate of drug-likeness (QED) is 0.314. The highest BCUT2D eigenvalue weighted by atomic mass is 28.4. The van der Waals surface area contributed by atoms with E-state index in [0.29, 0.717) is 19.8 Å². The van der Waals surface area contributed by atoms with Gasteiger partial charge in [-0.3, -0.25) is 0 Å². The molecular weight excluding hydrogens is 328 g/mol. The summed E-state index contributed by atoms with van der Waals surface area (Å²) in [6.45, 7) is 10.9. The first-order valence-electron chi connectivity index (χ1n) is 10.2. The van der Waals surface area contributed by atoms with Gasteiger partial charge in [0.25, 0.3) is 0 Å².